The number of rotatable bonds is 9. The first-order valence-electron chi connectivity index (χ1n) is 6.47. The number of benzene rings is 1. The van der Waals surface area contributed by atoms with Gasteiger partial charge in [-0.2, -0.15) is 0 Å². The Morgan fingerprint density at radius 1 is 1.26 bits per heavy atom. The molecule has 2 N–H and O–H groups in total. The molecule has 0 aromatic heterocycles. The van der Waals surface area contributed by atoms with Crippen molar-refractivity contribution in [1.29, 1.82) is 0 Å². The maximum Gasteiger partial charge on any atom is 0.165 e. The topological polar surface area (TPSA) is 50.7 Å². The van der Waals surface area contributed by atoms with Gasteiger partial charge < -0.3 is 19.9 Å². The van der Waals surface area contributed by atoms with Gasteiger partial charge in [-0.25, -0.2) is 4.39 Å². The third kappa shape index (κ3) is 6.00. The molecule has 5 heteroatoms. The molecule has 0 aliphatic rings. The van der Waals surface area contributed by atoms with Crippen LogP contribution in [0.5, 0.6) is 5.75 Å². The number of halogens is 1. The second-order valence-corrected chi connectivity index (χ2v) is 4.45. The maximum atomic E-state index is 13.7. The smallest absolute Gasteiger partial charge is 0.165 e. The van der Waals surface area contributed by atoms with E-state index in [2.05, 4.69) is 5.32 Å². The minimum Gasteiger partial charge on any atom is -0.488 e. The van der Waals surface area contributed by atoms with Crippen molar-refractivity contribution in [2.24, 2.45) is 0 Å². The van der Waals surface area contributed by atoms with E-state index in [1.165, 1.54) is 6.07 Å². The Hall–Kier alpha value is -1.17. The second kappa shape index (κ2) is 8.85. The molecule has 0 aliphatic heterocycles. The van der Waals surface area contributed by atoms with Crippen molar-refractivity contribution in [2.45, 2.75) is 26.4 Å². The molecular formula is C14H22FNO3. The fourth-order valence-corrected chi connectivity index (χ4v) is 1.54. The molecule has 0 aliphatic carbocycles. The molecule has 0 amide bonds. The molecule has 19 heavy (non-hydrogen) atoms. The molecule has 0 unspecified atom stereocenters. The Morgan fingerprint density at radius 3 is 2.74 bits per heavy atom. The number of nitrogens with one attached hydrogen (secondary N) is 1. The highest BCUT2D eigenvalue weighted by molar-refractivity contribution is 5.34. The summed E-state index contributed by atoms with van der Waals surface area (Å²) in [7, 11) is 0. The van der Waals surface area contributed by atoms with Gasteiger partial charge in [0.05, 0.1) is 19.8 Å². The van der Waals surface area contributed by atoms with Gasteiger partial charge in [-0.05, 0) is 6.07 Å². The van der Waals surface area contributed by atoms with Crippen LogP contribution >= 0.6 is 0 Å². The summed E-state index contributed by atoms with van der Waals surface area (Å²) in [4.78, 5) is 0. The predicted molar refractivity (Wildman–Crippen MR) is 71.8 cm³/mol. The molecule has 1 aromatic rings. The largest absolute Gasteiger partial charge is 0.488 e. The van der Waals surface area contributed by atoms with Crippen LogP contribution in [0, 0.1) is 5.82 Å². The molecule has 4 nitrogen and oxygen atoms in total. The maximum absolute atomic E-state index is 13.7. The van der Waals surface area contributed by atoms with Gasteiger partial charge in [0.1, 0.15) is 6.61 Å². The highest BCUT2D eigenvalue weighted by atomic mass is 19.1. The first-order chi connectivity index (χ1) is 9.15. The monoisotopic (exact) mass is 271 g/mol. The highest BCUT2D eigenvalue weighted by Crippen LogP contribution is 2.22. The van der Waals surface area contributed by atoms with Crippen LogP contribution in [0.4, 0.5) is 4.39 Å². The zero-order valence-electron chi connectivity index (χ0n) is 11.5. The fraction of sp³-hybridized carbons (Fsp3) is 0.571. The lowest BCUT2D eigenvalue weighted by Gasteiger charge is -2.14. The average Bonchev–Trinajstić information content (AvgIpc) is 2.38. The zero-order chi connectivity index (χ0) is 14.1. The fourth-order valence-electron chi connectivity index (χ4n) is 1.54. The van der Waals surface area contributed by atoms with E-state index < -0.39 is 0 Å². The van der Waals surface area contributed by atoms with E-state index in [-0.39, 0.29) is 31.4 Å². The Balaban J connectivity index is 2.54. The first-order valence-corrected chi connectivity index (χ1v) is 6.47. The number of hydrogen-bond donors (Lipinski definition) is 2. The van der Waals surface area contributed by atoms with Crippen LogP contribution in [-0.2, 0) is 11.3 Å². The van der Waals surface area contributed by atoms with E-state index in [0.29, 0.717) is 19.2 Å². The Bertz CT molecular complexity index is 372. The summed E-state index contributed by atoms with van der Waals surface area (Å²) in [5.41, 5.74) is 0.788. The third-order valence-electron chi connectivity index (χ3n) is 2.46. The van der Waals surface area contributed by atoms with Crippen LogP contribution in [0.15, 0.2) is 18.2 Å². The molecule has 0 saturated carbocycles. The Kier molecular flexibility index (Phi) is 7.40. The summed E-state index contributed by atoms with van der Waals surface area (Å²) in [5.74, 6) is -0.103. The number of para-hydroxylation sites is 1. The SMILES string of the molecule is CC(C)NCc1cccc(F)c1OCCOCCO. The lowest BCUT2D eigenvalue weighted by molar-refractivity contribution is 0.0693. The molecule has 0 spiro atoms. The van der Waals surface area contributed by atoms with Crippen molar-refractivity contribution in [3.8, 4) is 5.75 Å². The Morgan fingerprint density at radius 2 is 2.05 bits per heavy atom. The molecule has 1 aromatic carbocycles. The molecule has 108 valence electrons. The van der Waals surface area contributed by atoms with Crippen LogP contribution in [0.25, 0.3) is 0 Å². The highest BCUT2D eigenvalue weighted by Gasteiger charge is 2.10. The van der Waals surface area contributed by atoms with Gasteiger partial charge >= 0.3 is 0 Å². The third-order valence-corrected chi connectivity index (χ3v) is 2.46. The molecule has 0 radical (unpaired) electrons. The molecule has 0 fully saturated rings. The van der Waals surface area contributed by atoms with Crippen molar-refractivity contribution in [3.05, 3.63) is 29.6 Å². The molecule has 0 atom stereocenters. The van der Waals surface area contributed by atoms with Gasteiger partial charge in [-0.3, -0.25) is 0 Å². The van der Waals surface area contributed by atoms with E-state index in [1.807, 2.05) is 19.9 Å². The lowest BCUT2D eigenvalue weighted by Crippen LogP contribution is -2.22. The zero-order valence-corrected chi connectivity index (χ0v) is 11.5. The van der Waals surface area contributed by atoms with Gasteiger partial charge in [0.25, 0.3) is 0 Å². The minimum atomic E-state index is -0.370. The van der Waals surface area contributed by atoms with Gasteiger partial charge in [-0.15, -0.1) is 0 Å². The van der Waals surface area contributed by atoms with Crippen molar-refractivity contribution in [3.63, 3.8) is 0 Å². The van der Waals surface area contributed by atoms with E-state index in [0.717, 1.165) is 5.56 Å². The van der Waals surface area contributed by atoms with Crippen LogP contribution in [-0.4, -0.2) is 37.6 Å². The van der Waals surface area contributed by atoms with Crippen LogP contribution in [0.1, 0.15) is 19.4 Å². The summed E-state index contributed by atoms with van der Waals surface area (Å²) in [6.45, 7) is 5.45. The van der Waals surface area contributed by atoms with Gasteiger partial charge in [0, 0.05) is 18.2 Å². The summed E-state index contributed by atoms with van der Waals surface area (Å²) < 4.78 is 24.2. The Labute approximate surface area is 113 Å². The standard InChI is InChI=1S/C14H22FNO3/c1-11(2)16-10-12-4-3-5-13(15)14(12)19-9-8-18-7-6-17/h3-5,11,16-17H,6-10H2,1-2H3. The van der Waals surface area contributed by atoms with Crippen molar-refractivity contribution in [2.75, 3.05) is 26.4 Å². The molecule has 0 heterocycles. The van der Waals surface area contributed by atoms with Crippen molar-refractivity contribution < 1.29 is 19.0 Å². The van der Waals surface area contributed by atoms with Crippen molar-refractivity contribution in [1.82, 2.24) is 5.32 Å². The predicted octanol–water partition coefficient (Wildman–Crippen LogP) is 1.71. The summed E-state index contributed by atoms with van der Waals surface area (Å²) in [6, 6.07) is 5.21. The molecule has 0 bridgehead atoms. The van der Waals surface area contributed by atoms with Crippen LogP contribution < -0.4 is 10.1 Å². The van der Waals surface area contributed by atoms with E-state index in [1.54, 1.807) is 6.07 Å². The summed E-state index contributed by atoms with van der Waals surface area (Å²) >= 11 is 0. The minimum absolute atomic E-state index is 0.0245. The second-order valence-electron chi connectivity index (χ2n) is 4.45. The molecule has 0 saturated heterocycles. The quantitative estimate of drug-likeness (QED) is 0.671. The summed E-state index contributed by atoms with van der Waals surface area (Å²) in [5, 5.41) is 11.8. The van der Waals surface area contributed by atoms with Crippen LogP contribution in [0.2, 0.25) is 0 Å². The number of aliphatic hydroxyl groups excluding tert-OH is 1. The van der Waals surface area contributed by atoms with E-state index >= 15 is 0 Å². The molecule has 1 rings (SSSR count). The van der Waals surface area contributed by atoms with Crippen molar-refractivity contribution >= 4 is 0 Å². The lowest BCUT2D eigenvalue weighted by atomic mass is 10.2. The van der Waals surface area contributed by atoms with Gasteiger partial charge in [-0.1, -0.05) is 26.0 Å². The first kappa shape index (κ1) is 15.9. The van der Waals surface area contributed by atoms with E-state index in [9.17, 15) is 4.39 Å². The van der Waals surface area contributed by atoms with Gasteiger partial charge in [0.2, 0.25) is 0 Å². The average molecular weight is 271 g/mol. The normalized spacial score (nSPS) is 11.0. The number of ether oxygens (including phenoxy) is 2. The number of hydrogen-bond acceptors (Lipinski definition) is 4. The number of aliphatic hydroxyl groups is 1. The van der Waals surface area contributed by atoms with Gasteiger partial charge in [0.15, 0.2) is 11.6 Å². The van der Waals surface area contributed by atoms with E-state index in [4.69, 9.17) is 14.6 Å². The molecular weight excluding hydrogens is 249 g/mol. The summed E-state index contributed by atoms with van der Waals surface area (Å²) in [6.07, 6.45) is 0. The van der Waals surface area contributed by atoms with Crippen LogP contribution in [0.3, 0.4) is 0 Å².